The fourth-order valence-corrected chi connectivity index (χ4v) is 4.32. The van der Waals surface area contributed by atoms with Crippen molar-refractivity contribution in [1.82, 2.24) is 5.32 Å². The molecule has 0 spiro atoms. The van der Waals surface area contributed by atoms with Crippen LogP contribution < -0.4 is 10.2 Å². The highest BCUT2D eigenvalue weighted by Crippen LogP contribution is 2.23. The van der Waals surface area contributed by atoms with Gasteiger partial charge in [-0.25, -0.2) is 0 Å². The van der Waals surface area contributed by atoms with E-state index in [-0.39, 0.29) is 11.8 Å². The third-order valence-corrected chi connectivity index (χ3v) is 6.20. The second-order valence-corrected chi connectivity index (χ2v) is 8.91. The number of aryl methyl sites for hydroxylation is 1. The Labute approximate surface area is 198 Å². The van der Waals surface area contributed by atoms with Gasteiger partial charge in [-0.2, -0.15) is 0 Å². The lowest BCUT2D eigenvalue weighted by Gasteiger charge is -2.23. The number of rotatable bonds is 8. The zero-order chi connectivity index (χ0) is 23.0. The Balaban J connectivity index is 1.46. The molecule has 1 N–H and O–H groups in total. The SMILES string of the molecule is Cc1cccc(CN(C(=O)c2cccs2)c2ccc(CC(=O)NCc3ccccc3)cc2)c1. The lowest BCUT2D eigenvalue weighted by molar-refractivity contribution is -0.120. The standard InChI is InChI=1S/C28H26N2O2S/c1-21-7-5-10-24(17-21)20-30(28(32)26-11-6-16-33-26)25-14-12-22(13-15-25)18-27(31)29-19-23-8-3-2-4-9-23/h2-17H,18-20H2,1H3,(H,29,31). The Morgan fingerprint density at radius 2 is 1.58 bits per heavy atom. The summed E-state index contributed by atoms with van der Waals surface area (Å²) in [5.74, 6) is -0.0576. The summed E-state index contributed by atoms with van der Waals surface area (Å²) in [6, 6.07) is 29.5. The van der Waals surface area contributed by atoms with Crippen LogP contribution in [0.1, 0.15) is 31.9 Å². The van der Waals surface area contributed by atoms with Crippen molar-refractivity contribution in [1.29, 1.82) is 0 Å². The van der Waals surface area contributed by atoms with Crippen molar-refractivity contribution in [2.45, 2.75) is 26.4 Å². The van der Waals surface area contributed by atoms with Gasteiger partial charge in [-0.3, -0.25) is 9.59 Å². The van der Waals surface area contributed by atoms with Gasteiger partial charge in [0.15, 0.2) is 0 Å². The monoisotopic (exact) mass is 454 g/mol. The summed E-state index contributed by atoms with van der Waals surface area (Å²) in [7, 11) is 0. The minimum absolute atomic E-state index is 0.0279. The maximum Gasteiger partial charge on any atom is 0.268 e. The number of benzene rings is 3. The van der Waals surface area contributed by atoms with Gasteiger partial charge in [0.2, 0.25) is 5.91 Å². The second kappa shape index (κ2) is 10.7. The van der Waals surface area contributed by atoms with Gasteiger partial charge in [0.25, 0.3) is 5.91 Å². The van der Waals surface area contributed by atoms with Crippen LogP contribution in [0.2, 0.25) is 0 Å². The number of nitrogens with one attached hydrogen (secondary N) is 1. The van der Waals surface area contributed by atoms with Crippen molar-refractivity contribution in [3.05, 3.63) is 124 Å². The highest BCUT2D eigenvalue weighted by atomic mass is 32.1. The quantitative estimate of drug-likeness (QED) is 0.368. The Morgan fingerprint density at radius 3 is 2.27 bits per heavy atom. The summed E-state index contributed by atoms with van der Waals surface area (Å²) >= 11 is 1.44. The predicted molar refractivity (Wildman–Crippen MR) is 134 cm³/mol. The van der Waals surface area contributed by atoms with Crippen molar-refractivity contribution < 1.29 is 9.59 Å². The fraction of sp³-hybridized carbons (Fsp3) is 0.143. The van der Waals surface area contributed by atoms with Crippen LogP contribution in [-0.4, -0.2) is 11.8 Å². The molecule has 33 heavy (non-hydrogen) atoms. The van der Waals surface area contributed by atoms with E-state index in [0.717, 1.165) is 27.9 Å². The van der Waals surface area contributed by atoms with E-state index in [2.05, 4.69) is 11.4 Å². The van der Waals surface area contributed by atoms with Crippen LogP contribution in [-0.2, 0) is 24.3 Å². The topological polar surface area (TPSA) is 49.4 Å². The molecule has 4 rings (SSSR count). The first-order valence-electron chi connectivity index (χ1n) is 10.9. The summed E-state index contributed by atoms with van der Waals surface area (Å²) in [5, 5.41) is 4.87. The Bertz CT molecular complexity index is 1200. The second-order valence-electron chi connectivity index (χ2n) is 7.96. The van der Waals surface area contributed by atoms with Gasteiger partial charge in [0.1, 0.15) is 0 Å². The molecule has 4 aromatic rings. The number of thiophene rings is 1. The van der Waals surface area contributed by atoms with Gasteiger partial charge in [0, 0.05) is 12.2 Å². The van der Waals surface area contributed by atoms with Crippen molar-refractivity contribution in [3.8, 4) is 0 Å². The first-order chi connectivity index (χ1) is 16.1. The van der Waals surface area contributed by atoms with E-state index >= 15 is 0 Å². The Morgan fingerprint density at radius 1 is 0.818 bits per heavy atom. The number of carbonyl (C=O) groups excluding carboxylic acids is 2. The molecule has 0 fully saturated rings. The Kier molecular flexibility index (Phi) is 7.33. The minimum atomic E-state index is -0.0297. The third-order valence-electron chi connectivity index (χ3n) is 5.35. The zero-order valence-electron chi connectivity index (χ0n) is 18.5. The van der Waals surface area contributed by atoms with Crippen LogP contribution >= 0.6 is 11.3 Å². The number of amides is 2. The molecule has 0 aliphatic heterocycles. The minimum Gasteiger partial charge on any atom is -0.352 e. The molecule has 0 saturated heterocycles. The molecule has 0 bridgehead atoms. The van der Waals surface area contributed by atoms with Gasteiger partial charge < -0.3 is 10.2 Å². The van der Waals surface area contributed by atoms with Crippen LogP contribution in [0.5, 0.6) is 0 Å². The van der Waals surface area contributed by atoms with Crippen LogP contribution in [0.25, 0.3) is 0 Å². The van der Waals surface area contributed by atoms with Gasteiger partial charge in [0.05, 0.1) is 17.8 Å². The zero-order valence-corrected chi connectivity index (χ0v) is 19.3. The molecule has 2 amide bonds. The molecule has 4 nitrogen and oxygen atoms in total. The van der Waals surface area contributed by atoms with E-state index in [4.69, 9.17) is 0 Å². The highest BCUT2D eigenvalue weighted by molar-refractivity contribution is 7.12. The maximum absolute atomic E-state index is 13.3. The van der Waals surface area contributed by atoms with E-state index in [1.807, 2.05) is 97.2 Å². The van der Waals surface area contributed by atoms with E-state index in [0.29, 0.717) is 24.4 Å². The molecule has 166 valence electrons. The van der Waals surface area contributed by atoms with Crippen molar-refractivity contribution in [3.63, 3.8) is 0 Å². The summed E-state index contributed by atoms with van der Waals surface area (Å²) in [6.45, 7) is 3.04. The summed E-state index contributed by atoms with van der Waals surface area (Å²) in [4.78, 5) is 28.1. The lowest BCUT2D eigenvalue weighted by atomic mass is 10.1. The van der Waals surface area contributed by atoms with Gasteiger partial charge in [-0.15, -0.1) is 11.3 Å². The normalized spacial score (nSPS) is 10.6. The molecule has 3 aromatic carbocycles. The third kappa shape index (κ3) is 6.18. The molecule has 0 radical (unpaired) electrons. The summed E-state index contributed by atoms with van der Waals surface area (Å²) < 4.78 is 0. The van der Waals surface area contributed by atoms with E-state index in [1.54, 1.807) is 4.90 Å². The molecule has 5 heteroatoms. The average molecular weight is 455 g/mol. The van der Waals surface area contributed by atoms with Crippen LogP contribution in [0.15, 0.2) is 96.4 Å². The van der Waals surface area contributed by atoms with Crippen LogP contribution in [0.4, 0.5) is 5.69 Å². The average Bonchev–Trinajstić information content (AvgIpc) is 3.37. The smallest absolute Gasteiger partial charge is 0.268 e. The van der Waals surface area contributed by atoms with Crippen molar-refractivity contribution in [2.75, 3.05) is 4.90 Å². The molecule has 0 saturated carbocycles. The van der Waals surface area contributed by atoms with Gasteiger partial charge in [-0.05, 0) is 47.2 Å². The molecule has 0 unspecified atom stereocenters. The van der Waals surface area contributed by atoms with E-state index in [1.165, 1.54) is 11.3 Å². The number of carbonyl (C=O) groups is 2. The van der Waals surface area contributed by atoms with E-state index < -0.39 is 0 Å². The number of hydrogen-bond acceptors (Lipinski definition) is 3. The predicted octanol–water partition coefficient (Wildman–Crippen LogP) is 5.76. The van der Waals surface area contributed by atoms with Crippen LogP contribution in [0.3, 0.4) is 0 Å². The first kappa shape index (κ1) is 22.5. The molecular formula is C28H26N2O2S. The van der Waals surface area contributed by atoms with Crippen molar-refractivity contribution >= 4 is 28.8 Å². The summed E-state index contributed by atoms with van der Waals surface area (Å²) in [6.07, 6.45) is 0.296. The van der Waals surface area contributed by atoms with Gasteiger partial charge in [-0.1, -0.05) is 78.4 Å². The largest absolute Gasteiger partial charge is 0.352 e. The maximum atomic E-state index is 13.3. The molecule has 0 atom stereocenters. The van der Waals surface area contributed by atoms with Gasteiger partial charge >= 0.3 is 0 Å². The van der Waals surface area contributed by atoms with E-state index in [9.17, 15) is 9.59 Å². The number of anilines is 1. The van der Waals surface area contributed by atoms with Crippen LogP contribution in [0, 0.1) is 6.92 Å². The molecule has 0 aliphatic rings. The fourth-order valence-electron chi connectivity index (χ4n) is 3.64. The molecule has 1 heterocycles. The highest BCUT2D eigenvalue weighted by Gasteiger charge is 2.19. The molecule has 1 aromatic heterocycles. The first-order valence-corrected chi connectivity index (χ1v) is 11.8. The number of nitrogens with zero attached hydrogens (tertiary/aromatic N) is 1. The summed E-state index contributed by atoms with van der Waals surface area (Å²) in [5.41, 5.74) is 5.02. The molecule has 0 aliphatic carbocycles. The number of hydrogen-bond donors (Lipinski definition) is 1. The van der Waals surface area contributed by atoms with Crippen molar-refractivity contribution in [2.24, 2.45) is 0 Å². The molecular weight excluding hydrogens is 428 g/mol. The lowest BCUT2D eigenvalue weighted by Crippen LogP contribution is -2.30. The Hall–Kier alpha value is -3.70.